The molecular weight excluding hydrogens is 779 g/mol. The second-order valence-electron chi connectivity index (χ2n) is 16.4. The van der Waals surface area contributed by atoms with E-state index in [9.17, 15) is 0 Å². The van der Waals surface area contributed by atoms with E-state index in [-0.39, 0.29) is 0 Å². The lowest BCUT2D eigenvalue weighted by Crippen LogP contribution is -2.28. The van der Waals surface area contributed by atoms with Crippen LogP contribution in [0.2, 0.25) is 0 Å². The zero-order chi connectivity index (χ0) is 41.7. The Morgan fingerprint density at radius 2 is 0.778 bits per heavy atom. The lowest BCUT2D eigenvalue weighted by molar-refractivity contribution is 0.777. The van der Waals surface area contributed by atoms with Crippen molar-refractivity contribution in [3.8, 4) is 43.8 Å². The van der Waals surface area contributed by atoms with Crippen LogP contribution in [0.15, 0.2) is 249 Å². The third-order valence-electron chi connectivity index (χ3n) is 13.0. The first-order valence-electron chi connectivity index (χ1n) is 21.7. The van der Waals surface area contributed by atoms with Crippen molar-refractivity contribution in [3.05, 3.63) is 271 Å². The number of hydrogen-bond donors (Lipinski definition) is 0. The fourth-order valence-electron chi connectivity index (χ4n) is 9.97. The van der Waals surface area contributed by atoms with Crippen molar-refractivity contribution >= 4 is 49.3 Å². The first kappa shape index (κ1) is 37.0. The lowest BCUT2D eigenvalue weighted by Gasteiger charge is -2.34. The molecule has 2 heteroatoms. The Labute approximate surface area is 372 Å². The Hall–Kier alpha value is -7.78. The van der Waals surface area contributed by atoms with Crippen molar-refractivity contribution in [1.82, 2.24) is 0 Å². The predicted molar refractivity (Wildman–Crippen MR) is 268 cm³/mol. The largest absolute Gasteiger partial charge is 0.311 e. The summed E-state index contributed by atoms with van der Waals surface area (Å²) in [4.78, 5) is 3.73. The molecule has 0 N–H and O–H groups in total. The van der Waals surface area contributed by atoms with Crippen molar-refractivity contribution in [2.75, 3.05) is 4.90 Å². The highest BCUT2D eigenvalue weighted by Crippen LogP contribution is 2.61. The maximum atomic E-state index is 2.47. The number of nitrogens with zero attached hydrogens (tertiary/aromatic N) is 1. The minimum atomic E-state index is -0.468. The number of fused-ring (bicyclic) bond motifs is 6. The van der Waals surface area contributed by atoms with Crippen molar-refractivity contribution in [2.24, 2.45) is 0 Å². The van der Waals surface area contributed by atoms with Gasteiger partial charge < -0.3 is 4.90 Å². The highest BCUT2D eigenvalue weighted by Gasteiger charge is 2.48. The summed E-state index contributed by atoms with van der Waals surface area (Å²) in [5.74, 6) is 0. The zero-order valence-electron chi connectivity index (χ0n) is 34.5. The van der Waals surface area contributed by atoms with Crippen LogP contribution >= 0.6 is 11.3 Å². The maximum absolute atomic E-state index is 2.47. The maximum Gasteiger partial charge on any atom is 0.0728 e. The summed E-state index contributed by atoms with van der Waals surface area (Å²) in [6.45, 7) is 0. The van der Waals surface area contributed by atoms with E-state index in [1.165, 1.54) is 86.9 Å². The normalized spacial score (nSPS) is 12.6. The number of hydrogen-bond acceptors (Lipinski definition) is 2. The summed E-state index contributed by atoms with van der Waals surface area (Å²) in [6.07, 6.45) is 0. The van der Waals surface area contributed by atoms with Crippen LogP contribution in [0.25, 0.3) is 64.7 Å². The van der Waals surface area contributed by atoms with E-state index >= 15 is 0 Å². The Balaban J connectivity index is 0.962. The molecule has 0 amide bonds. The summed E-state index contributed by atoms with van der Waals surface area (Å²) in [5.41, 5.74) is 16.6. The first-order valence-corrected chi connectivity index (χ1v) is 22.5. The fraction of sp³-hybridized carbons (Fsp3) is 0.0164. The number of rotatable bonds is 8. The molecule has 1 aliphatic rings. The van der Waals surface area contributed by atoms with E-state index in [0.717, 1.165) is 17.1 Å². The van der Waals surface area contributed by atoms with E-state index < -0.39 is 5.41 Å². The summed E-state index contributed by atoms with van der Waals surface area (Å²) in [7, 11) is 0. The fourth-order valence-corrected chi connectivity index (χ4v) is 11.3. The van der Waals surface area contributed by atoms with Gasteiger partial charge in [-0.05, 0) is 132 Å². The Kier molecular flexibility index (Phi) is 8.98. The Bertz CT molecular complexity index is 3370. The molecule has 10 aromatic carbocycles. The van der Waals surface area contributed by atoms with Gasteiger partial charge in [-0.25, -0.2) is 0 Å². The second-order valence-corrected chi connectivity index (χ2v) is 17.5. The van der Waals surface area contributed by atoms with Gasteiger partial charge in [-0.3, -0.25) is 0 Å². The van der Waals surface area contributed by atoms with Crippen LogP contribution in [0.1, 0.15) is 22.3 Å². The summed E-state index contributed by atoms with van der Waals surface area (Å²) in [6, 6.07) is 91.3. The van der Waals surface area contributed by atoms with E-state index in [0.29, 0.717) is 0 Å². The van der Waals surface area contributed by atoms with Gasteiger partial charge in [-0.1, -0.05) is 194 Å². The van der Waals surface area contributed by atoms with Crippen LogP contribution in [0, 0.1) is 0 Å². The molecule has 0 saturated carbocycles. The summed E-state index contributed by atoms with van der Waals surface area (Å²) < 4.78 is 1.33. The van der Waals surface area contributed by atoms with E-state index in [4.69, 9.17) is 0 Å². The van der Waals surface area contributed by atoms with Gasteiger partial charge in [0.25, 0.3) is 0 Å². The lowest BCUT2D eigenvalue weighted by atomic mass is 9.67. The molecule has 0 atom stereocenters. The smallest absolute Gasteiger partial charge is 0.0728 e. The van der Waals surface area contributed by atoms with Crippen LogP contribution < -0.4 is 4.90 Å². The molecule has 0 saturated heterocycles. The monoisotopic (exact) mass is 819 g/mol. The molecule has 0 spiro atoms. The molecule has 11 aromatic rings. The molecule has 1 nitrogen and oxygen atoms in total. The molecule has 0 bridgehead atoms. The first-order chi connectivity index (χ1) is 31.2. The number of thiophene rings is 1. The van der Waals surface area contributed by atoms with Crippen LogP contribution in [-0.4, -0.2) is 0 Å². The minimum absolute atomic E-state index is 0.468. The van der Waals surface area contributed by atoms with Crippen LogP contribution in [0.5, 0.6) is 0 Å². The molecule has 0 aliphatic heterocycles. The topological polar surface area (TPSA) is 3.24 Å². The Morgan fingerprint density at radius 1 is 0.333 bits per heavy atom. The molecule has 1 aromatic heterocycles. The highest BCUT2D eigenvalue weighted by atomic mass is 32.1. The molecular formula is C61H41NS. The van der Waals surface area contributed by atoms with Gasteiger partial charge in [0.05, 0.1) is 5.41 Å². The minimum Gasteiger partial charge on any atom is -0.311 e. The molecule has 0 radical (unpaired) electrons. The predicted octanol–water partition coefficient (Wildman–Crippen LogP) is 16.9. The molecule has 63 heavy (non-hydrogen) atoms. The average Bonchev–Trinajstić information content (AvgIpc) is 3.89. The van der Waals surface area contributed by atoms with Crippen LogP contribution in [0.4, 0.5) is 17.1 Å². The summed E-state index contributed by atoms with van der Waals surface area (Å²) in [5, 5.41) is 3.83. The van der Waals surface area contributed by atoms with Crippen molar-refractivity contribution in [1.29, 1.82) is 0 Å². The second kappa shape index (κ2) is 15.3. The molecule has 1 heterocycles. The van der Waals surface area contributed by atoms with Crippen LogP contribution in [0.3, 0.4) is 0 Å². The summed E-state index contributed by atoms with van der Waals surface area (Å²) >= 11 is 1.92. The Morgan fingerprint density at radius 3 is 1.38 bits per heavy atom. The molecule has 12 rings (SSSR count). The number of anilines is 3. The van der Waals surface area contributed by atoms with Gasteiger partial charge in [0.15, 0.2) is 0 Å². The molecule has 1 aliphatic carbocycles. The average molecular weight is 820 g/mol. The third-order valence-corrected chi connectivity index (χ3v) is 14.2. The van der Waals surface area contributed by atoms with Crippen molar-refractivity contribution in [2.45, 2.75) is 5.41 Å². The quantitative estimate of drug-likeness (QED) is 0.148. The van der Waals surface area contributed by atoms with Crippen LogP contribution in [-0.2, 0) is 5.41 Å². The molecule has 0 unspecified atom stereocenters. The number of benzene rings is 10. The SMILES string of the molecule is c1ccc(-c2ccc(N(c3ccc(-c4ccc5c(c4)C(c4ccccc4)(c4ccccc4)c4c-5sc5ccccc45)cc3)c3ccc(-c4ccc5ccccc5c4)cc3)cc2)cc1. The molecule has 296 valence electrons. The van der Waals surface area contributed by atoms with E-state index in [1.54, 1.807) is 0 Å². The van der Waals surface area contributed by atoms with Gasteiger partial charge in [0.2, 0.25) is 0 Å². The van der Waals surface area contributed by atoms with Gasteiger partial charge >= 0.3 is 0 Å². The molecule has 0 fully saturated rings. The van der Waals surface area contributed by atoms with Gasteiger partial charge in [-0.15, -0.1) is 11.3 Å². The van der Waals surface area contributed by atoms with Crippen molar-refractivity contribution in [3.63, 3.8) is 0 Å². The van der Waals surface area contributed by atoms with Gasteiger partial charge in [0.1, 0.15) is 0 Å². The van der Waals surface area contributed by atoms with E-state index in [1.807, 2.05) is 11.3 Å². The van der Waals surface area contributed by atoms with E-state index in [2.05, 4.69) is 254 Å². The van der Waals surface area contributed by atoms with Gasteiger partial charge in [0, 0.05) is 26.6 Å². The van der Waals surface area contributed by atoms with Crippen molar-refractivity contribution < 1.29 is 0 Å². The standard InChI is InChI=1S/C61H41NS/c1-4-14-42(15-5-1)44-26-33-52(34-27-44)62(53-35-28-45(29-36-53)48-25-24-43-16-10-11-17-47(43)40-48)54-37-30-46(31-38-54)49-32-39-55-57(41-49)61(50-18-6-2-7-19-50,51-20-8-3-9-21-51)59-56-22-12-13-23-58(56)63-60(55)59/h1-41H. The third kappa shape index (κ3) is 6.22. The zero-order valence-corrected chi connectivity index (χ0v) is 35.3. The highest BCUT2D eigenvalue weighted by molar-refractivity contribution is 7.22. The van der Waals surface area contributed by atoms with Gasteiger partial charge in [-0.2, -0.15) is 0 Å².